The second kappa shape index (κ2) is 9.31. The molecule has 32 heavy (non-hydrogen) atoms. The second-order valence-corrected chi connectivity index (χ2v) is 7.26. The normalized spacial score (nSPS) is 10.6. The summed E-state index contributed by atoms with van der Waals surface area (Å²) >= 11 is 0. The Morgan fingerprint density at radius 1 is 0.969 bits per heavy atom. The monoisotopic (exact) mass is 423 g/mol. The van der Waals surface area contributed by atoms with Crippen LogP contribution in [-0.4, -0.2) is 21.7 Å². The molecule has 158 valence electrons. The van der Waals surface area contributed by atoms with Crippen molar-refractivity contribution in [2.45, 2.75) is 13.5 Å². The first-order chi connectivity index (χ1) is 15.6. The summed E-state index contributed by atoms with van der Waals surface area (Å²) in [4.78, 5) is 16.4. The van der Waals surface area contributed by atoms with Crippen molar-refractivity contribution in [2.75, 3.05) is 5.32 Å². The number of benzene rings is 2. The van der Waals surface area contributed by atoms with E-state index in [1.807, 2.05) is 49.4 Å². The summed E-state index contributed by atoms with van der Waals surface area (Å²) in [5, 5.41) is 3.07. The molecule has 0 saturated heterocycles. The van der Waals surface area contributed by atoms with Gasteiger partial charge in [-0.25, -0.2) is 14.4 Å². The zero-order chi connectivity index (χ0) is 22.5. The van der Waals surface area contributed by atoms with Crippen LogP contribution in [0.25, 0.3) is 28.5 Å². The number of aryl methyl sites for hydroxylation is 1. The molecule has 0 fully saturated rings. The molecule has 0 aliphatic carbocycles. The Kier molecular flexibility index (Phi) is 6.12. The number of anilines is 1. The van der Waals surface area contributed by atoms with Gasteiger partial charge in [-0.1, -0.05) is 49.1 Å². The Morgan fingerprint density at radius 3 is 2.47 bits per heavy atom. The van der Waals surface area contributed by atoms with Gasteiger partial charge in [-0.3, -0.25) is 9.98 Å². The largest absolute Gasteiger partial charge is 0.363 e. The van der Waals surface area contributed by atoms with Gasteiger partial charge >= 0.3 is 0 Å². The van der Waals surface area contributed by atoms with Crippen LogP contribution in [0.4, 0.5) is 15.9 Å². The molecule has 0 aliphatic heterocycles. The highest BCUT2D eigenvalue weighted by Gasteiger charge is 2.14. The van der Waals surface area contributed by atoms with Crippen molar-refractivity contribution in [1.29, 1.82) is 0 Å². The molecule has 2 heterocycles. The van der Waals surface area contributed by atoms with Gasteiger partial charge in [0.2, 0.25) is 0 Å². The Bertz CT molecular complexity index is 1280. The first-order valence-electron chi connectivity index (χ1n) is 10.1. The van der Waals surface area contributed by atoms with Crippen LogP contribution in [0.2, 0.25) is 0 Å². The van der Waals surface area contributed by atoms with Gasteiger partial charge in [-0.15, -0.1) is 0 Å². The predicted octanol–water partition coefficient (Wildman–Crippen LogP) is 6.24. The van der Waals surface area contributed by atoms with E-state index in [0.29, 0.717) is 17.8 Å². The molecule has 0 spiro atoms. The Labute approximate surface area is 186 Å². The van der Waals surface area contributed by atoms with E-state index in [1.54, 1.807) is 24.4 Å². The Morgan fingerprint density at radius 2 is 1.75 bits per heavy atom. The van der Waals surface area contributed by atoms with Gasteiger partial charge in [0.25, 0.3) is 0 Å². The number of pyridine rings is 1. The molecule has 0 aliphatic rings. The molecule has 0 atom stereocenters. The molecule has 0 amide bonds. The number of hydrogen-bond donors (Lipinski definition) is 1. The summed E-state index contributed by atoms with van der Waals surface area (Å²) < 4.78 is 15.1. The van der Waals surface area contributed by atoms with Gasteiger partial charge in [0.05, 0.1) is 5.69 Å². The van der Waals surface area contributed by atoms with Gasteiger partial charge in [-0.2, -0.15) is 0 Å². The molecule has 0 radical (unpaired) electrons. The lowest BCUT2D eigenvalue weighted by atomic mass is 10.0. The van der Waals surface area contributed by atoms with Crippen LogP contribution in [0.5, 0.6) is 0 Å². The van der Waals surface area contributed by atoms with Crippen LogP contribution in [0, 0.1) is 12.7 Å². The van der Waals surface area contributed by atoms with Crippen molar-refractivity contribution in [1.82, 2.24) is 15.0 Å². The quantitative estimate of drug-likeness (QED) is 0.357. The van der Waals surface area contributed by atoms with E-state index in [-0.39, 0.29) is 11.5 Å². The third-order valence-corrected chi connectivity index (χ3v) is 5.13. The van der Waals surface area contributed by atoms with Gasteiger partial charge in [0.15, 0.2) is 11.6 Å². The minimum atomic E-state index is -0.516. The minimum absolute atomic E-state index is 0.143. The summed E-state index contributed by atoms with van der Waals surface area (Å²) in [6, 6.07) is 17.4. The van der Waals surface area contributed by atoms with Crippen molar-refractivity contribution in [3.63, 3.8) is 0 Å². The molecule has 0 saturated carbocycles. The summed E-state index contributed by atoms with van der Waals surface area (Å²) in [6.07, 6.45) is 4.82. The van der Waals surface area contributed by atoms with Crippen molar-refractivity contribution >= 4 is 24.3 Å². The van der Waals surface area contributed by atoms with Crippen LogP contribution in [0.3, 0.4) is 0 Å². The zero-order valence-electron chi connectivity index (χ0n) is 17.7. The van der Waals surface area contributed by atoms with Crippen LogP contribution in [0.1, 0.15) is 16.8 Å². The van der Waals surface area contributed by atoms with E-state index in [1.165, 1.54) is 6.33 Å². The van der Waals surface area contributed by atoms with E-state index in [0.717, 1.165) is 27.9 Å². The molecule has 2 aromatic carbocycles. The van der Waals surface area contributed by atoms with Gasteiger partial charge < -0.3 is 5.32 Å². The third-order valence-electron chi connectivity index (χ3n) is 5.13. The van der Waals surface area contributed by atoms with Crippen molar-refractivity contribution in [2.24, 2.45) is 4.99 Å². The maximum absolute atomic E-state index is 15.1. The lowest BCUT2D eigenvalue weighted by Gasteiger charge is -2.11. The average Bonchev–Trinajstić information content (AvgIpc) is 2.83. The molecule has 4 rings (SSSR count). The Balaban J connectivity index is 1.52. The van der Waals surface area contributed by atoms with E-state index < -0.39 is 5.82 Å². The first kappa shape index (κ1) is 21.1. The van der Waals surface area contributed by atoms with Gasteiger partial charge in [0, 0.05) is 24.0 Å². The minimum Gasteiger partial charge on any atom is -0.363 e. The SMILES string of the molecule is C=Cc1ccc(-c2ncnc(NCc3ccc(-c4ccnc(C)c4)cc3)c2F)cc1N=C. The molecular weight excluding hydrogens is 401 g/mol. The molecule has 6 heteroatoms. The molecular formula is C26H22FN5. The number of aromatic nitrogens is 3. The number of nitrogens with one attached hydrogen (secondary N) is 1. The van der Waals surface area contributed by atoms with Crippen molar-refractivity contribution in [3.05, 3.63) is 96.3 Å². The molecule has 1 N–H and O–H groups in total. The average molecular weight is 423 g/mol. The highest BCUT2D eigenvalue weighted by Crippen LogP contribution is 2.30. The van der Waals surface area contributed by atoms with E-state index in [9.17, 15) is 0 Å². The van der Waals surface area contributed by atoms with Gasteiger partial charge in [0.1, 0.15) is 12.0 Å². The maximum Gasteiger partial charge on any atom is 0.191 e. The smallest absolute Gasteiger partial charge is 0.191 e. The molecule has 2 aromatic heterocycles. The summed E-state index contributed by atoms with van der Waals surface area (Å²) in [5.74, 6) is -0.373. The fourth-order valence-corrected chi connectivity index (χ4v) is 3.42. The van der Waals surface area contributed by atoms with E-state index >= 15 is 4.39 Å². The van der Waals surface area contributed by atoms with Crippen molar-refractivity contribution in [3.8, 4) is 22.4 Å². The summed E-state index contributed by atoms with van der Waals surface area (Å²) in [7, 11) is 0. The van der Waals surface area contributed by atoms with Crippen molar-refractivity contribution < 1.29 is 4.39 Å². The predicted molar refractivity (Wildman–Crippen MR) is 128 cm³/mol. The number of halogens is 1. The number of nitrogens with zero attached hydrogens (tertiary/aromatic N) is 4. The first-order valence-corrected chi connectivity index (χ1v) is 10.1. The third kappa shape index (κ3) is 4.44. The van der Waals surface area contributed by atoms with Crippen LogP contribution >= 0.6 is 0 Å². The lowest BCUT2D eigenvalue weighted by molar-refractivity contribution is 0.621. The molecule has 4 aromatic rings. The van der Waals surface area contributed by atoms with Crippen LogP contribution in [-0.2, 0) is 6.54 Å². The highest BCUT2D eigenvalue weighted by molar-refractivity contribution is 5.74. The van der Waals surface area contributed by atoms with Crippen LogP contribution < -0.4 is 5.32 Å². The number of rotatable bonds is 7. The topological polar surface area (TPSA) is 63.1 Å². The molecule has 0 bridgehead atoms. The van der Waals surface area contributed by atoms with Gasteiger partial charge in [-0.05, 0) is 54.1 Å². The van der Waals surface area contributed by atoms with E-state index in [4.69, 9.17) is 0 Å². The fraction of sp³-hybridized carbons (Fsp3) is 0.0769. The summed E-state index contributed by atoms with van der Waals surface area (Å²) in [5.41, 5.74) is 6.43. The highest BCUT2D eigenvalue weighted by atomic mass is 19.1. The summed E-state index contributed by atoms with van der Waals surface area (Å²) in [6.45, 7) is 9.72. The Hall–Kier alpha value is -4.19. The lowest BCUT2D eigenvalue weighted by Crippen LogP contribution is -2.05. The number of hydrogen-bond acceptors (Lipinski definition) is 5. The second-order valence-electron chi connectivity index (χ2n) is 7.26. The number of aliphatic imine (C=N–C) groups is 1. The maximum atomic E-state index is 15.1. The van der Waals surface area contributed by atoms with E-state index in [2.05, 4.69) is 38.6 Å². The zero-order valence-corrected chi connectivity index (χ0v) is 17.7. The molecule has 0 unspecified atom stereocenters. The van der Waals surface area contributed by atoms with Crippen LogP contribution in [0.15, 0.2) is 78.7 Å². The standard InChI is InChI=1S/C26H22FN5/c1-4-19-9-10-22(14-23(19)28-3)25-24(27)26(32-16-31-25)30-15-18-5-7-20(8-6-18)21-11-12-29-17(2)13-21/h4-14,16H,1,3,15H2,2H3,(H,30,31,32). The fourth-order valence-electron chi connectivity index (χ4n) is 3.42. The molecule has 5 nitrogen and oxygen atoms in total.